The van der Waals surface area contributed by atoms with Crippen molar-refractivity contribution in [1.82, 2.24) is 4.90 Å². The smallest absolute Gasteiger partial charge is 0.260 e. The molecule has 1 aliphatic heterocycles. The Bertz CT molecular complexity index is 417. The summed E-state index contributed by atoms with van der Waals surface area (Å²) in [7, 11) is 0. The number of hydrogen-bond acceptors (Lipinski definition) is 2. The molecule has 1 fully saturated rings. The molecule has 0 aliphatic carbocycles. The standard InChI is InChI=1S/C13H18BrF2NS/c1-9(2)12-11(14)6-10(18-12)7-17-5-3-4-13(15,16)8-17/h6,9H,3-5,7-8H2,1-2H3. The van der Waals surface area contributed by atoms with Crippen molar-refractivity contribution in [3.63, 3.8) is 0 Å². The highest BCUT2D eigenvalue weighted by atomic mass is 79.9. The second-order valence-corrected chi connectivity index (χ2v) is 7.27. The van der Waals surface area contributed by atoms with Gasteiger partial charge >= 0.3 is 0 Å². The third kappa shape index (κ3) is 3.52. The normalized spacial score (nSPS) is 20.6. The molecule has 2 heterocycles. The molecule has 0 atom stereocenters. The summed E-state index contributed by atoms with van der Waals surface area (Å²) in [6.45, 7) is 5.62. The monoisotopic (exact) mass is 337 g/mol. The third-order valence-corrected chi connectivity index (χ3v) is 5.48. The van der Waals surface area contributed by atoms with E-state index in [1.807, 2.05) is 4.90 Å². The largest absolute Gasteiger partial charge is 0.292 e. The highest BCUT2D eigenvalue weighted by Gasteiger charge is 2.35. The van der Waals surface area contributed by atoms with E-state index in [-0.39, 0.29) is 13.0 Å². The Morgan fingerprint density at radius 3 is 2.78 bits per heavy atom. The maximum Gasteiger partial charge on any atom is 0.260 e. The molecule has 5 heteroatoms. The molecule has 0 saturated carbocycles. The summed E-state index contributed by atoms with van der Waals surface area (Å²) in [4.78, 5) is 4.34. The van der Waals surface area contributed by atoms with Gasteiger partial charge in [0.05, 0.1) is 6.54 Å². The first-order valence-electron chi connectivity index (χ1n) is 6.26. The van der Waals surface area contributed by atoms with E-state index in [0.29, 0.717) is 18.9 Å². The van der Waals surface area contributed by atoms with Crippen LogP contribution in [0.25, 0.3) is 0 Å². The molecule has 1 aliphatic rings. The fourth-order valence-corrected chi connectivity index (χ4v) is 4.53. The van der Waals surface area contributed by atoms with Gasteiger partial charge in [0, 0.05) is 27.2 Å². The zero-order chi connectivity index (χ0) is 13.3. The fourth-order valence-electron chi connectivity index (χ4n) is 2.31. The van der Waals surface area contributed by atoms with Gasteiger partial charge in [0.1, 0.15) is 0 Å². The average molecular weight is 338 g/mol. The van der Waals surface area contributed by atoms with E-state index in [4.69, 9.17) is 0 Å². The lowest BCUT2D eigenvalue weighted by Crippen LogP contribution is -2.41. The van der Waals surface area contributed by atoms with Gasteiger partial charge in [-0.1, -0.05) is 13.8 Å². The molecule has 0 aromatic carbocycles. The first kappa shape index (κ1) is 14.4. The summed E-state index contributed by atoms with van der Waals surface area (Å²) in [5, 5.41) is 0. The Kier molecular flexibility index (Phi) is 4.44. The quantitative estimate of drug-likeness (QED) is 0.760. The van der Waals surface area contributed by atoms with Crippen molar-refractivity contribution in [1.29, 1.82) is 0 Å². The van der Waals surface area contributed by atoms with Crippen LogP contribution in [-0.4, -0.2) is 23.9 Å². The third-order valence-electron chi connectivity index (χ3n) is 3.14. The summed E-state index contributed by atoms with van der Waals surface area (Å²) in [5.74, 6) is -2.03. The number of halogens is 3. The molecule has 1 nitrogen and oxygen atoms in total. The Morgan fingerprint density at radius 2 is 2.22 bits per heavy atom. The summed E-state index contributed by atoms with van der Waals surface area (Å²) in [5.41, 5.74) is 0. The van der Waals surface area contributed by atoms with Crippen LogP contribution in [0, 0.1) is 0 Å². The van der Waals surface area contributed by atoms with Crippen molar-refractivity contribution in [2.75, 3.05) is 13.1 Å². The molecule has 0 radical (unpaired) electrons. The number of piperidine rings is 1. The van der Waals surface area contributed by atoms with E-state index in [2.05, 4.69) is 35.8 Å². The maximum atomic E-state index is 13.3. The van der Waals surface area contributed by atoms with Crippen LogP contribution < -0.4 is 0 Å². The Hall–Kier alpha value is -0.0000000000000000555. The number of nitrogens with zero attached hydrogens (tertiary/aromatic N) is 1. The van der Waals surface area contributed by atoms with Crippen LogP contribution in [-0.2, 0) is 6.54 Å². The van der Waals surface area contributed by atoms with Crippen LogP contribution in [0.3, 0.4) is 0 Å². The Balaban J connectivity index is 2.03. The number of thiophene rings is 1. The molecule has 18 heavy (non-hydrogen) atoms. The molecular weight excluding hydrogens is 320 g/mol. The van der Waals surface area contributed by atoms with Gasteiger partial charge in [0.2, 0.25) is 0 Å². The lowest BCUT2D eigenvalue weighted by molar-refractivity contribution is -0.0658. The molecule has 1 aromatic heterocycles. The Labute approximate surface area is 119 Å². The summed E-state index contributed by atoms with van der Waals surface area (Å²) in [6.07, 6.45) is 0.630. The molecule has 0 unspecified atom stereocenters. The van der Waals surface area contributed by atoms with Crippen molar-refractivity contribution in [2.24, 2.45) is 0 Å². The van der Waals surface area contributed by atoms with E-state index in [1.165, 1.54) is 9.75 Å². The van der Waals surface area contributed by atoms with Gasteiger partial charge < -0.3 is 0 Å². The van der Waals surface area contributed by atoms with Crippen LogP contribution in [0.4, 0.5) is 8.78 Å². The average Bonchev–Trinajstić information content (AvgIpc) is 2.58. The lowest BCUT2D eigenvalue weighted by atomic mass is 10.1. The number of rotatable bonds is 3. The first-order chi connectivity index (χ1) is 8.37. The second-order valence-electron chi connectivity index (χ2n) is 5.25. The van der Waals surface area contributed by atoms with Crippen molar-refractivity contribution in [3.8, 4) is 0 Å². The number of alkyl halides is 2. The van der Waals surface area contributed by atoms with Crippen LogP contribution >= 0.6 is 27.3 Å². The van der Waals surface area contributed by atoms with E-state index < -0.39 is 5.92 Å². The molecule has 0 amide bonds. The van der Waals surface area contributed by atoms with E-state index in [0.717, 1.165) is 11.0 Å². The van der Waals surface area contributed by atoms with E-state index in [9.17, 15) is 8.78 Å². The minimum atomic E-state index is -2.51. The molecule has 102 valence electrons. The summed E-state index contributed by atoms with van der Waals surface area (Å²) in [6, 6.07) is 2.08. The number of likely N-dealkylation sites (tertiary alicyclic amines) is 1. The minimum Gasteiger partial charge on any atom is -0.292 e. The highest BCUT2D eigenvalue weighted by molar-refractivity contribution is 9.10. The van der Waals surface area contributed by atoms with Crippen LogP contribution in [0.15, 0.2) is 10.5 Å². The SMILES string of the molecule is CC(C)c1sc(CN2CCCC(F)(F)C2)cc1Br. The van der Waals surface area contributed by atoms with Gasteiger partial charge in [-0.3, -0.25) is 4.90 Å². The van der Waals surface area contributed by atoms with Crippen molar-refractivity contribution in [2.45, 2.75) is 45.1 Å². The molecular formula is C13H18BrF2NS. The lowest BCUT2D eigenvalue weighted by Gasteiger charge is -2.31. The van der Waals surface area contributed by atoms with Gasteiger partial charge in [0.15, 0.2) is 0 Å². The van der Waals surface area contributed by atoms with Crippen molar-refractivity contribution < 1.29 is 8.78 Å². The van der Waals surface area contributed by atoms with Crippen molar-refractivity contribution in [3.05, 3.63) is 20.3 Å². The molecule has 1 saturated heterocycles. The fraction of sp³-hybridized carbons (Fsp3) is 0.692. The van der Waals surface area contributed by atoms with Gasteiger partial charge in [-0.25, -0.2) is 8.78 Å². The van der Waals surface area contributed by atoms with Gasteiger partial charge in [-0.05, 0) is 40.9 Å². The molecule has 2 rings (SSSR count). The zero-order valence-corrected chi connectivity index (χ0v) is 13.1. The maximum absolute atomic E-state index is 13.3. The van der Waals surface area contributed by atoms with Crippen molar-refractivity contribution >= 4 is 27.3 Å². The molecule has 1 aromatic rings. The molecule has 0 N–H and O–H groups in total. The topological polar surface area (TPSA) is 3.24 Å². The van der Waals surface area contributed by atoms with Crippen LogP contribution in [0.2, 0.25) is 0 Å². The molecule has 0 bridgehead atoms. The van der Waals surface area contributed by atoms with Crippen LogP contribution in [0.1, 0.15) is 42.4 Å². The summed E-state index contributed by atoms with van der Waals surface area (Å²) >= 11 is 5.28. The van der Waals surface area contributed by atoms with E-state index >= 15 is 0 Å². The number of hydrogen-bond donors (Lipinski definition) is 0. The first-order valence-corrected chi connectivity index (χ1v) is 7.86. The van der Waals surface area contributed by atoms with Gasteiger partial charge in [-0.15, -0.1) is 11.3 Å². The second kappa shape index (κ2) is 5.55. The minimum absolute atomic E-state index is 0.0366. The summed E-state index contributed by atoms with van der Waals surface area (Å²) < 4.78 is 27.8. The molecule has 0 spiro atoms. The van der Waals surface area contributed by atoms with Gasteiger partial charge in [-0.2, -0.15) is 0 Å². The van der Waals surface area contributed by atoms with Crippen LogP contribution in [0.5, 0.6) is 0 Å². The van der Waals surface area contributed by atoms with E-state index in [1.54, 1.807) is 11.3 Å². The predicted octanol–water partition coefficient (Wildman–Crippen LogP) is 4.87. The zero-order valence-electron chi connectivity index (χ0n) is 10.7. The Morgan fingerprint density at radius 1 is 1.50 bits per heavy atom. The highest BCUT2D eigenvalue weighted by Crippen LogP contribution is 2.35. The predicted molar refractivity (Wildman–Crippen MR) is 75.6 cm³/mol. The van der Waals surface area contributed by atoms with Gasteiger partial charge in [0.25, 0.3) is 5.92 Å².